The van der Waals surface area contributed by atoms with E-state index in [4.69, 9.17) is 9.47 Å². The molecule has 1 saturated carbocycles. The lowest BCUT2D eigenvalue weighted by atomic mass is 9.89. The molecule has 1 saturated heterocycles. The summed E-state index contributed by atoms with van der Waals surface area (Å²) in [6.07, 6.45) is 7.40. The molecule has 1 aliphatic carbocycles. The first-order valence-corrected chi connectivity index (χ1v) is 8.27. The van der Waals surface area contributed by atoms with E-state index in [2.05, 4.69) is 4.98 Å². The summed E-state index contributed by atoms with van der Waals surface area (Å²) in [6, 6.07) is 1.29. The third kappa shape index (κ3) is 3.90. The van der Waals surface area contributed by atoms with Gasteiger partial charge in [-0.1, -0.05) is 19.3 Å². The quantitative estimate of drug-likeness (QED) is 0.845. The summed E-state index contributed by atoms with van der Waals surface area (Å²) in [5.74, 6) is -0.0965. The van der Waals surface area contributed by atoms with Gasteiger partial charge in [0.25, 0.3) is 5.56 Å². The van der Waals surface area contributed by atoms with Crippen LogP contribution in [-0.2, 0) is 14.3 Å². The van der Waals surface area contributed by atoms with Gasteiger partial charge in [0.2, 0.25) is 0 Å². The van der Waals surface area contributed by atoms with Gasteiger partial charge in [-0.25, -0.2) is 4.79 Å². The van der Waals surface area contributed by atoms with Gasteiger partial charge < -0.3 is 9.47 Å². The SMILES string of the molecule is O=C(OCC1CCC(n2ccc(=O)[nH]c2=O)O1)C1CCCCC1. The predicted octanol–water partition coefficient (Wildman–Crippen LogP) is 1.34. The first kappa shape index (κ1) is 16.0. The van der Waals surface area contributed by atoms with E-state index in [0.29, 0.717) is 12.8 Å². The Morgan fingerprint density at radius 1 is 1.22 bits per heavy atom. The predicted molar refractivity (Wildman–Crippen MR) is 82.0 cm³/mol. The first-order valence-electron chi connectivity index (χ1n) is 8.27. The fraction of sp³-hybridized carbons (Fsp3) is 0.688. The van der Waals surface area contributed by atoms with Crippen molar-refractivity contribution in [2.45, 2.75) is 57.3 Å². The summed E-state index contributed by atoms with van der Waals surface area (Å²) in [4.78, 5) is 37.1. The number of rotatable bonds is 4. The van der Waals surface area contributed by atoms with E-state index in [-0.39, 0.29) is 24.6 Å². The highest BCUT2D eigenvalue weighted by Gasteiger charge is 2.29. The Hall–Kier alpha value is -1.89. The summed E-state index contributed by atoms with van der Waals surface area (Å²) in [6.45, 7) is 0.226. The minimum atomic E-state index is -0.484. The molecule has 1 aromatic heterocycles. The van der Waals surface area contributed by atoms with Crippen LogP contribution in [0.2, 0.25) is 0 Å². The van der Waals surface area contributed by atoms with Crippen molar-refractivity contribution >= 4 is 5.97 Å². The van der Waals surface area contributed by atoms with Gasteiger partial charge in [0.1, 0.15) is 12.8 Å². The highest BCUT2D eigenvalue weighted by molar-refractivity contribution is 5.72. The van der Waals surface area contributed by atoms with E-state index < -0.39 is 17.5 Å². The Balaban J connectivity index is 1.50. The average molecular weight is 322 g/mol. The highest BCUT2D eigenvalue weighted by atomic mass is 16.6. The van der Waals surface area contributed by atoms with E-state index in [9.17, 15) is 14.4 Å². The molecule has 0 spiro atoms. The minimum absolute atomic E-state index is 0.0303. The molecule has 0 aromatic carbocycles. The number of aromatic amines is 1. The van der Waals surface area contributed by atoms with E-state index in [1.54, 1.807) is 0 Å². The second-order valence-corrected chi connectivity index (χ2v) is 6.27. The Morgan fingerprint density at radius 3 is 2.74 bits per heavy atom. The normalized spacial score (nSPS) is 25.4. The first-order chi connectivity index (χ1) is 11.1. The molecule has 3 rings (SSSR count). The fourth-order valence-corrected chi connectivity index (χ4v) is 3.30. The summed E-state index contributed by atoms with van der Waals surface area (Å²) >= 11 is 0. The van der Waals surface area contributed by atoms with Crippen LogP contribution < -0.4 is 11.2 Å². The zero-order valence-corrected chi connectivity index (χ0v) is 13.0. The van der Waals surface area contributed by atoms with Crippen molar-refractivity contribution in [3.63, 3.8) is 0 Å². The molecular weight excluding hydrogens is 300 g/mol. The van der Waals surface area contributed by atoms with Crippen LogP contribution in [0.3, 0.4) is 0 Å². The molecule has 2 fully saturated rings. The Bertz CT molecular complexity index is 659. The zero-order valence-electron chi connectivity index (χ0n) is 13.0. The standard InChI is InChI=1S/C16H22N2O5/c19-13-8-9-18(16(21)17-13)14-7-6-12(23-14)10-22-15(20)11-4-2-1-3-5-11/h8-9,11-12,14H,1-7,10H2,(H,17,19,21). The van der Waals surface area contributed by atoms with E-state index in [0.717, 1.165) is 25.7 Å². The maximum atomic E-state index is 12.0. The second kappa shape index (κ2) is 7.12. The van der Waals surface area contributed by atoms with E-state index in [1.807, 2.05) is 0 Å². The zero-order chi connectivity index (χ0) is 16.2. The van der Waals surface area contributed by atoms with Crippen LogP contribution in [0.4, 0.5) is 0 Å². The average Bonchev–Trinajstić information content (AvgIpc) is 3.02. The van der Waals surface area contributed by atoms with Crippen LogP contribution in [0.25, 0.3) is 0 Å². The molecule has 0 bridgehead atoms. The van der Waals surface area contributed by atoms with Gasteiger partial charge in [-0.3, -0.25) is 19.1 Å². The number of nitrogens with zero attached hydrogens (tertiary/aromatic N) is 1. The molecule has 1 N–H and O–H groups in total. The molecule has 0 amide bonds. The smallest absolute Gasteiger partial charge is 0.330 e. The van der Waals surface area contributed by atoms with Crippen LogP contribution in [0.5, 0.6) is 0 Å². The number of hydrogen-bond acceptors (Lipinski definition) is 5. The van der Waals surface area contributed by atoms with Crippen LogP contribution >= 0.6 is 0 Å². The Morgan fingerprint density at radius 2 is 2.00 bits per heavy atom. The summed E-state index contributed by atoms with van der Waals surface area (Å²) in [5.41, 5.74) is -0.912. The van der Waals surface area contributed by atoms with Crippen molar-refractivity contribution in [1.29, 1.82) is 0 Å². The minimum Gasteiger partial charge on any atom is -0.463 e. The lowest BCUT2D eigenvalue weighted by molar-refractivity contribution is -0.154. The number of carbonyl (C=O) groups excluding carboxylic acids is 1. The maximum absolute atomic E-state index is 12.0. The summed E-state index contributed by atoms with van der Waals surface area (Å²) in [7, 11) is 0. The van der Waals surface area contributed by atoms with Crippen LogP contribution in [0.1, 0.15) is 51.2 Å². The van der Waals surface area contributed by atoms with Crippen molar-refractivity contribution in [2.24, 2.45) is 5.92 Å². The van der Waals surface area contributed by atoms with Crippen molar-refractivity contribution < 1.29 is 14.3 Å². The number of H-pyrrole nitrogens is 1. The fourth-order valence-electron chi connectivity index (χ4n) is 3.30. The van der Waals surface area contributed by atoms with Crippen molar-refractivity contribution in [2.75, 3.05) is 6.61 Å². The van der Waals surface area contributed by atoms with Crippen molar-refractivity contribution in [1.82, 2.24) is 9.55 Å². The van der Waals surface area contributed by atoms with Crippen LogP contribution in [0, 0.1) is 5.92 Å². The van der Waals surface area contributed by atoms with Gasteiger partial charge in [-0.2, -0.15) is 0 Å². The number of hydrogen-bond donors (Lipinski definition) is 1. The van der Waals surface area contributed by atoms with Gasteiger partial charge >= 0.3 is 11.7 Å². The summed E-state index contributed by atoms with van der Waals surface area (Å²) < 4.78 is 12.5. The maximum Gasteiger partial charge on any atom is 0.330 e. The molecule has 126 valence electrons. The van der Waals surface area contributed by atoms with Crippen LogP contribution in [0.15, 0.2) is 21.9 Å². The highest BCUT2D eigenvalue weighted by Crippen LogP contribution is 2.28. The Labute approximate surface area is 133 Å². The molecule has 7 nitrogen and oxygen atoms in total. The monoisotopic (exact) mass is 322 g/mol. The molecule has 2 unspecified atom stereocenters. The number of carbonyl (C=O) groups is 1. The van der Waals surface area contributed by atoms with Gasteiger partial charge in [0.05, 0.1) is 12.0 Å². The number of nitrogens with one attached hydrogen (secondary N) is 1. The molecule has 2 aliphatic rings. The molecule has 1 aromatic rings. The lowest BCUT2D eigenvalue weighted by Crippen LogP contribution is -2.32. The molecule has 7 heteroatoms. The largest absolute Gasteiger partial charge is 0.463 e. The molecule has 2 heterocycles. The van der Waals surface area contributed by atoms with Crippen molar-refractivity contribution in [3.05, 3.63) is 33.1 Å². The molecule has 23 heavy (non-hydrogen) atoms. The third-order valence-corrected chi connectivity index (χ3v) is 4.60. The van der Waals surface area contributed by atoms with Gasteiger partial charge in [-0.05, 0) is 25.7 Å². The van der Waals surface area contributed by atoms with E-state index >= 15 is 0 Å². The van der Waals surface area contributed by atoms with Crippen LogP contribution in [-0.4, -0.2) is 28.2 Å². The Kier molecular flexibility index (Phi) is 4.95. The van der Waals surface area contributed by atoms with Gasteiger partial charge in [0.15, 0.2) is 0 Å². The number of aromatic nitrogens is 2. The topological polar surface area (TPSA) is 90.4 Å². The second-order valence-electron chi connectivity index (χ2n) is 6.27. The summed E-state index contributed by atoms with van der Waals surface area (Å²) in [5, 5.41) is 0. The lowest BCUT2D eigenvalue weighted by Gasteiger charge is -2.21. The molecule has 1 aliphatic heterocycles. The van der Waals surface area contributed by atoms with Gasteiger partial charge in [-0.15, -0.1) is 0 Å². The molecule has 0 radical (unpaired) electrons. The van der Waals surface area contributed by atoms with E-state index in [1.165, 1.54) is 23.3 Å². The molecular formula is C16H22N2O5. The number of ether oxygens (including phenoxy) is 2. The van der Waals surface area contributed by atoms with Gasteiger partial charge in [0, 0.05) is 12.3 Å². The number of esters is 1. The molecule has 2 atom stereocenters. The third-order valence-electron chi connectivity index (χ3n) is 4.60. The van der Waals surface area contributed by atoms with Crippen molar-refractivity contribution in [3.8, 4) is 0 Å².